The molecule has 24 heavy (non-hydrogen) atoms. The molecule has 2 fully saturated rings. The monoisotopic (exact) mass is 349 g/mol. The van der Waals surface area contributed by atoms with Gasteiger partial charge in [-0.2, -0.15) is 0 Å². The number of hydrogen-bond acceptors (Lipinski definition) is 4. The quantitative estimate of drug-likeness (QED) is 0.775. The zero-order chi connectivity index (χ0) is 17.3. The minimum Gasteiger partial charge on any atom is -0.338 e. The van der Waals surface area contributed by atoms with Gasteiger partial charge in [-0.3, -0.25) is 4.79 Å². The fourth-order valence-electron chi connectivity index (χ4n) is 3.68. The zero-order valence-corrected chi connectivity index (χ0v) is 14.3. The first-order valence-electron chi connectivity index (χ1n) is 8.18. The van der Waals surface area contributed by atoms with E-state index in [4.69, 9.17) is 5.73 Å². The van der Waals surface area contributed by atoms with Crippen molar-refractivity contribution in [1.82, 2.24) is 9.62 Å². The van der Waals surface area contributed by atoms with Gasteiger partial charge in [0.2, 0.25) is 10.0 Å². The average Bonchev–Trinajstić information content (AvgIpc) is 3.15. The molecule has 130 valence electrons. The largest absolute Gasteiger partial charge is 0.338 e. The molecule has 1 saturated heterocycles. The van der Waals surface area contributed by atoms with Gasteiger partial charge in [-0.15, -0.1) is 6.58 Å². The summed E-state index contributed by atoms with van der Waals surface area (Å²) in [6, 6.07) is 6.25. The van der Waals surface area contributed by atoms with E-state index >= 15 is 0 Å². The second-order valence-corrected chi connectivity index (χ2v) is 8.31. The van der Waals surface area contributed by atoms with Crippen LogP contribution in [0.1, 0.15) is 23.2 Å². The number of nitrogens with two attached hydrogens (primary N) is 1. The Hall–Kier alpha value is -1.70. The molecular formula is C17H23N3O3S. The van der Waals surface area contributed by atoms with Crippen LogP contribution in [0, 0.1) is 11.8 Å². The standard InChI is InChI=1S/C17H23N3O3S/c1-2-9-19-24(22,23)14-6-3-12(4-7-14)17(21)20-10-13-5-8-16(18)15(13)11-20/h2-4,6-7,13,15-16,19H,1,5,8-11,18H2. The molecule has 1 aliphatic heterocycles. The van der Waals surface area contributed by atoms with Crippen LogP contribution in [0.3, 0.4) is 0 Å². The maximum Gasteiger partial charge on any atom is 0.253 e. The lowest BCUT2D eigenvalue weighted by Crippen LogP contribution is -2.33. The van der Waals surface area contributed by atoms with Crippen LogP contribution < -0.4 is 10.5 Å². The highest BCUT2D eigenvalue weighted by molar-refractivity contribution is 7.89. The third-order valence-electron chi connectivity index (χ3n) is 5.03. The molecule has 7 heteroatoms. The van der Waals surface area contributed by atoms with Crippen LogP contribution in [0.25, 0.3) is 0 Å². The molecule has 3 atom stereocenters. The van der Waals surface area contributed by atoms with Gasteiger partial charge in [-0.25, -0.2) is 13.1 Å². The molecule has 1 aliphatic carbocycles. The molecule has 1 saturated carbocycles. The van der Waals surface area contributed by atoms with E-state index in [1.807, 2.05) is 4.90 Å². The normalized spacial score (nSPS) is 26.4. The fraction of sp³-hybridized carbons (Fsp3) is 0.471. The minimum absolute atomic E-state index is 0.0559. The van der Waals surface area contributed by atoms with Gasteiger partial charge < -0.3 is 10.6 Å². The molecule has 0 radical (unpaired) electrons. The lowest BCUT2D eigenvalue weighted by molar-refractivity contribution is 0.0779. The van der Waals surface area contributed by atoms with Crippen LogP contribution in [-0.2, 0) is 10.0 Å². The number of carbonyl (C=O) groups is 1. The molecule has 1 aromatic rings. The van der Waals surface area contributed by atoms with Crippen molar-refractivity contribution in [3.05, 3.63) is 42.5 Å². The van der Waals surface area contributed by atoms with E-state index in [-0.39, 0.29) is 23.4 Å². The number of likely N-dealkylation sites (tertiary alicyclic amines) is 1. The molecule has 1 amide bonds. The van der Waals surface area contributed by atoms with E-state index in [0.717, 1.165) is 19.4 Å². The lowest BCUT2D eigenvalue weighted by Gasteiger charge is -2.19. The molecule has 1 heterocycles. The zero-order valence-electron chi connectivity index (χ0n) is 13.5. The topological polar surface area (TPSA) is 92.5 Å². The number of hydrogen-bond donors (Lipinski definition) is 2. The molecule has 6 nitrogen and oxygen atoms in total. The Labute approximate surface area is 142 Å². The number of nitrogens with zero attached hydrogens (tertiary/aromatic N) is 1. The summed E-state index contributed by atoms with van der Waals surface area (Å²) < 4.78 is 26.5. The van der Waals surface area contributed by atoms with E-state index in [9.17, 15) is 13.2 Å². The first kappa shape index (κ1) is 17.1. The smallest absolute Gasteiger partial charge is 0.253 e. The lowest BCUT2D eigenvalue weighted by atomic mass is 9.98. The molecule has 0 bridgehead atoms. The first-order valence-corrected chi connectivity index (χ1v) is 9.66. The average molecular weight is 349 g/mol. The molecule has 3 unspecified atom stereocenters. The summed E-state index contributed by atoms with van der Waals surface area (Å²) in [6.45, 7) is 5.10. The van der Waals surface area contributed by atoms with Crippen molar-refractivity contribution in [1.29, 1.82) is 0 Å². The highest BCUT2D eigenvalue weighted by Crippen LogP contribution is 2.37. The Kier molecular flexibility index (Phi) is 4.76. The first-order chi connectivity index (χ1) is 11.4. The van der Waals surface area contributed by atoms with Gasteiger partial charge in [0.1, 0.15) is 0 Å². The van der Waals surface area contributed by atoms with Gasteiger partial charge in [0.25, 0.3) is 5.91 Å². The van der Waals surface area contributed by atoms with E-state index < -0.39 is 10.0 Å². The minimum atomic E-state index is -3.57. The Morgan fingerprint density at radius 1 is 1.29 bits per heavy atom. The van der Waals surface area contributed by atoms with Crippen molar-refractivity contribution in [2.75, 3.05) is 19.6 Å². The number of benzene rings is 1. The van der Waals surface area contributed by atoms with E-state index in [1.165, 1.54) is 18.2 Å². The number of nitrogens with one attached hydrogen (secondary N) is 1. The molecule has 0 aromatic heterocycles. The van der Waals surface area contributed by atoms with Crippen molar-refractivity contribution < 1.29 is 13.2 Å². The Bertz CT molecular complexity index is 730. The molecule has 0 spiro atoms. The number of fused-ring (bicyclic) bond motifs is 1. The Morgan fingerprint density at radius 3 is 2.62 bits per heavy atom. The van der Waals surface area contributed by atoms with E-state index in [0.29, 0.717) is 23.9 Å². The maximum absolute atomic E-state index is 12.6. The predicted molar refractivity (Wildman–Crippen MR) is 91.9 cm³/mol. The highest BCUT2D eigenvalue weighted by Gasteiger charge is 2.42. The third-order valence-corrected chi connectivity index (χ3v) is 6.47. The van der Waals surface area contributed by atoms with Crippen LogP contribution in [0.5, 0.6) is 0 Å². The molecule has 2 aliphatic rings. The fourth-order valence-corrected chi connectivity index (χ4v) is 4.68. The number of amides is 1. The summed E-state index contributed by atoms with van der Waals surface area (Å²) in [5, 5.41) is 0. The number of carbonyl (C=O) groups excluding carboxylic acids is 1. The Balaban J connectivity index is 1.70. The van der Waals surface area contributed by atoms with Crippen molar-refractivity contribution in [3.63, 3.8) is 0 Å². The van der Waals surface area contributed by atoms with Crippen LogP contribution in [0.2, 0.25) is 0 Å². The molecule has 1 aromatic carbocycles. The summed E-state index contributed by atoms with van der Waals surface area (Å²) in [4.78, 5) is 14.6. The van der Waals surface area contributed by atoms with Crippen molar-refractivity contribution >= 4 is 15.9 Å². The van der Waals surface area contributed by atoms with Gasteiger partial charge >= 0.3 is 0 Å². The maximum atomic E-state index is 12.6. The summed E-state index contributed by atoms with van der Waals surface area (Å²) in [7, 11) is -3.57. The molecule has 3 rings (SSSR count). The van der Waals surface area contributed by atoms with E-state index in [1.54, 1.807) is 12.1 Å². The summed E-state index contributed by atoms with van der Waals surface area (Å²) in [5.74, 6) is 0.850. The van der Waals surface area contributed by atoms with Gasteiger partial charge in [0.15, 0.2) is 0 Å². The van der Waals surface area contributed by atoms with Gasteiger partial charge in [-0.1, -0.05) is 6.08 Å². The van der Waals surface area contributed by atoms with E-state index in [2.05, 4.69) is 11.3 Å². The van der Waals surface area contributed by atoms with Gasteiger partial charge in [0, 0.05) is 31.2 Å². The highest BCUT2D eigenvalue weighted by atomic mass is 32.2. The van der Waals surface area contributed by atoms with Crippen molar-refractivity contribution in [2.45, 2.75) is 23.8 Å². The number of rotatable bonds is 5. The van der Waals surface area contributed by atoms with Crippen molar-refractivity contribution in [2.24, 2.45) is 17.6 Å². The van der Waals surface area contributed by atoms with Crippen molar-refractivity contribution in [3.8, 4) is 0 Å². The summed E-state index contributed by atoms with van der Waals surface area (Å²) in [6.07, 6.45) is 3.60. The summed E-state index contributed by atoms with van der Waals surface area (Å²) in [5.41, 5.74) is 6.62. The van der Waals surface area contributed by atoms with Crippen LogP contribution in [0.15, 0.2) is 41.8 Å². The van der Waals surface area contributed by atoms with Crippen LogP contribution in [0.4, 0.5) is 0 Å². The van der Waals surface area contributed by atoms with Gasteiger partial charge in [0.05, 0.1) is 4.90 Å². The number of sulfonamides is 1. The molecule has 3 N–H and O–H groups in total. The third kappa shape index (κ3) is 3.24. The van der Waals surface area contributed by atoms with Gasteiger partial charge in [-0.05, 0) is 48.9 Å². The Morgan fingerprint density at radius 2 is 2.00 bits per heavy atom. The van der Waals surface area contributed by atoms with Crippen LogP contribution in [-0.4, -0.2) is 44.9 Å². The predicted octanol–water partition coefficient (Wildman–Crippen LogP) is 0.960. The second-order valence-electron chi connectivity index (χ2n) is 6.54. The SMILES string of the molecule is C=CCNS(=O)(=O)c1ccc(C(=O)N2CC3CCC(N)C3C2)cc1. The molecular weight excluding hydrogens is 326 g/mol. The second kappa shape index (κ2) is 6.66. The summed E-state index contributed by atoms with van der Waals surface area (Å²) >= 11 is 0. The van der Waals surface area contributed by atoms with Crippen LogP contribution >= 0.6 is 0 Å².